The van der Waals surface area contributed by atoms with Crippen LogP contribution in [-0.2, 0) is 32.7 Å². The van der Waals surface area contributed by atoms with Gasteiger partial charge in [0.1, 0.15) is 19.8 Å². The molecular formula is C52H100NO8P. The van der Waals surface area contributed by atoms with Crippen molar-refractivity contribution in [1.82, 2.24) is 0 Å². The Labute approximate surface area is 383 Å². The average molecular weight is 898 g/mol. The summed E-state index contributed by atoms with van der Waals surface area (Å²) in [7, 11) is 1.17. The summed E-state index contributed by atoms with van der Waals surface area (Å²) in [6.07, 6.45) is 50.6. The molecule has 0 rings (SSSR count). The van der Waals surface area contributed by atoms with E-state index in [0.717, 1.165) is 38.5 Å². The summed E-state index contributed by atoms with van der Waals surface area (Å²) in [5.41, 5.74) is 0. The summed E-state index contributed by atoms with van der Waals surface area (Å²) < 4.78 is 34.1. The molecule has 0 N–H and O–H groups in total. The molecule has 0 aromatic carbocycles. The number of hydrogen-bond acceptors (Lipinski definition) is 8. The highest BCUT2D eigenvalue weighted by atomic mass is 31.2. The summed E-state index contributed by atoms with van der Waals surface area (Å²) in [6.45, 7) is 4.25. The van der Waals surface area contributed by atoms with Crippen molar-refractivity contribution in [1.29, 1.82) is 0 Å². The molecule has 0 fully saturated rings. The molecule has 1 unspecified atom stereocenters. The lowest BCUT2D eigenvalue weighted by Gasteiger charge is -2.28. The zero-order valence-electron chi connectivity index (χ0n) is 41.3. The molecular weight excluding hydrogens is 798 g/mol. The highest BCUT2D eigenvalue weighted by molar-refractivity contribution is 7.45. The van der Waals surface area contributed by atoms with Crippen LogP contribution < -0.4 is 4.89 Å². The fraction of sp³-hybridized carbons (Fsp3) is 0.885. The monoisotopic (exact) mass is 898 g/mol. The molecule has 0 saturated carbocycles. The Bertz CT molecular complexity index is 1110. The Morgan fingerprint density at radius 1 is 0.484 bits per heavy atom. The van der Waals surface area contributed by atoms with E-state index in [4.69, 9.17) is 18.5 Å². The van der Waals surface area contributed by atoms with Crippen molar-refractivity contribution >= 4 is 19.8 Å². The molecule has 2 atom stereocenters. The fourth-order valence-electron chi connectivity index (χ4n) is 7.35. The minimum atomic E-state index is -4.63. The molecule has 0 saturated heterocycles. The van der Waals surface area contributed by atoms with Crippen molar-refractivity contribution in [3.63, 3.8) is 0 Å². The molecule has 0 aliphatic carbocycles. The highest BCUT2D eigenvalue weighted by Crippen LogP contribution is 2.38. The Hall–Kier alpha value is -1.51. The molecule has 0 aromatic rings. The minimum absolute atomic E-state index is 0.0298. The van der Waals surface area contributed by atoms with Crippen LogP contribution in [0.5, 0.6) is 0 Å². The zero-order valence-corrected chi connectivity index (χ0v) is 42.2. The molecule has 0 radical (unpaired) electrons. The van der Waals surface area contributed by atoms with Gasteiger partial charge in [-0.25, -0.2) is 0 Å². The molecule has 0 spiro atoms. The molecule has 62 heavy (non-hydrogen) atoms. The van der Waals surface area contributed by atoms with Gasteiger partial charge in [-0.2, -0.15) is 0 Å². The van der Waals surface area contributed by atoms with E-state index in [0.29, 0.717) is 17.4 Å². The number of esters is 2. The SMILES string of the molecule is CCCCCCCC/C=C\CCCCCCCCCCCC(=O)O[C@H](COC(=O)CCCCCCCCCCC/C=C/CCCCCCCC)COP(=O)([O-])OCC[N+](C)(C)C. The third-order valence-electron chi connectivity index (χ3n) is 11.4. The van der Waals surface area contributed by atoms with E-state index in [-0.39, 0.29) is 32.0 Å². The smallest absolute Gasteiger partial charge is 0.306 e. The minimum Gasteiger partial charge on any atom is -0.756 e. The lowest BCUT2D eigenvalue weighted by atomic mass is 10.1. The highest BCUT2D eigenvalue weighted by Gasteiger charge is 2.21. The lowest BCUT2D eigenvalue weighted by Crippen LogP contribution is -2.37. The van der Waals surface area contributed by atoms with Gasteiger partial charge in [0.25, 0.3) is 7.82 Å². The van der Waals surface area contributed by atoms with E-state index < -0.39 is 26.5 Å². The van der Waals surface area contributed by atoms with Gasteiger partial charge in [0.15, 0.2) is 6.10 Å². The molecule has 0 amide bonds. The molecule has 9 nitrogen and oxygen atoms in total. The van der Waals surface area contributed by atoms with Gasteiger partial charge in [-0.1, -0.05) is 192 Å². The van der Waals surface area contributed by atoms with Gasteiger partial charge < -0.3 is 27.9 Å². The van der Waals surface area contributed by atoms with E-state index in [1.165, 1.54) is 173 Å². The number of phosphoric acid groups is 1. The van der Waals surface area contributed by atoms with Gasteiger partial charge in [0, 0.05) is 12.8 Å². The van der Waals surface area contributed by atoms with Crippen LogP contribution in [0.1, 0.15) is 245 Å². The van der Waals surface area contributed by atoms with Crippen LogP contribution >= 0.6 is 7.82 Å². The van der Waals surface area contributed by atoms with Gasteiger partial charge in [0.2, 0.25) is 0 Å². The summed E-state index contributed by atoms with van der Waals surface area (Å²) in [6, 6.07) is 0. The summed E-state index contributed by atoms with van der Waals surface area (Å²) in [5.74, 6) is -0.829. The van der Waals surface area contributed by atoms with Crippen molar-refractivity contribution in [3.8, 4) is 0 Å². The molecule has 10 heteroatoms. The number of likely N-dealkylation sites (N-methyl/N-ethyl adjacent to an activating group) is 1. The topological polar surface area (TPSA) is 111 Å². The maximum absolute atomic E-state index is 12.7. The Balaban J connectivity index is 4.23. The van der Waals surface area contributed by atoms with Crippen LogP contribution in [0, 0.1) is 0 Å². The van der Waals surface area contributed by atoms with Gasteiger partial charge in [-0.3, -0.25) is 14.2 Å². The predicted molar refractivity (Wildman–Crippen MR) is 259 cm³/mol. The number of carbonyl (C=O) groups is 2. The number of allylic oxidation sites excluding steroid dienone is 4. The molecule has 0 aliphatic heterocycles. The predicted octanol–water partition coefficient (Wildman–Crippen LogP) is 14.8. The van der Waals surface area contributed by atoms with Crippen molar-refractivity contribution in [3.05, 3.63) is 24.3 Å². The van der Waals surface area contributed by atoms with E-state index in [9.17, 15) is 19.0 Å². The largest absolute Gasteiger partial charge is 0.756 e. The second-order valence-corrected chi connectivity index (χ2v) is 20.3. The van der Waals surface area contributed by atoms with Gasteiger partial charge in [0.05, 0.1) is 27.7 Å². The second-order valence-electron chi connectivity index (χ2n) is 18.9. The summed E-state index contributed by atoms with van der Waals surface area (Å²) in [5, 5.41) is 0. The third kappa shape index (κ3) is 48.0. The van der Waals surface area contributed by atoms with Crippen LogP contribution in [0.3, 0.4) is 0 Å². The molecule has 0 bridgehead atoms. The number of nitrogens with zero attached hydrogens (tertiary/aromatic N) is 1. The summed E-state index contributed by atoms with van der Waals surface area (Å²) >= 11 is 0. The van der Waals surface area contributed by atoms with Crippen molar-refractivity contribution < 1.29 is 42.1 Å². The van der Waals surface area contributed by atoms with E-state index in [1.54, 1.807) is 0 Å². The number of ether oxygens (including phenoxy) is 2. The first-order valence-electron chi connectivity index (χ1n) is 26.0. The quantitative estimate of drug-likeness (QED) is 0.0195. The average Bonchev–Trinajstić information content (AvgIpc) is 3.23. The first-order valence-corrected chi connectivity index (χ1v) is 27.5. The Kier molecular flexibility index (Phi) is 43.6. The van der Waals surface area contributed by atoms with Crippen molar-refractivity contribution in [2.75, 3.05) is 47.5 Å². The first kappa shape index (κ1) is 60.5. The fourth-order valence-corrected chi connectivity index (χ4v) is 8.08. The van der Waals surface area contributed by atoms with Crippen LogP contribution in [0.15, 0.2) is 24.3 Å². The van der Waals surface area contributed by atoms with Gasteiger partial charge in [-0.15, -0.1) is 0 Å². The number of phosphoric ester groups is 1. The summed E-state index contributed by atoms with van der Waals surface area (Å²) in [4.78, 5) is 37.7. The number of unbranched alkanes of at least 4 members (excludes halogenated alkanes) is 30. The van der Waals surface area contributed by atoms with Gasteiger partial charge in [-0.05, 0) is 64.2 Å². The van der Waals surface area contributed by atoms with Crippen LogP contribution in [0.4, 0.5) is 0 Å². The maximum atomic E-state index is 12.7. The second kappa shape index (κ2) is 44.7. The zero-order chi connectivity index (χ0) is 45.7. The van der Waals surface area contributed by atoms with Crippen LogP contribution in [0.2, 0.25) is 0 Å². The molecule has 366 valence electrons. The van der Waals surface area contributed by atoms with Crippen molar-refractivity contribution in [2.24, 2.45) is 0 Å². The Morgan fingerprint density at radius 3 is 1.19 bits per heavy atom. The molecule has 0 aliphatic rings. The third-order valence-corrected chi connectivity index (χ3v) is 12.4. The number of quaternary nitrogens is 1. The van der Waals surface area contributed by atoms with E-state index in [2.05, 4.69) is 38.2 Å². The first-order chi connectivity index (χ1) is 30.0. The number of hydrogen-bond donors (Lipinski definition) is 0. The standard InChI is InChI=1S/C52H100NO8P/c1-6-8-10-12-14-16-18-20-22-24-26-28-30-32-34-36-38-40-42-44-51(54)58-48-50(49-60-62(56,57)59-47-46-53(3,4)5)61-52(55)45-43-41-39-37-35-33-31-29-27-25-23-21-19-17-15-13-11-9-7-2/h20-23,50H,6-19,24-49H2,1-5H3/b22-20+,23-21-/t50-/m1/s1. The maximum Gasteiger partial charge on any atom is 0.306 e. The van der Waals surface area contributed by atoms with Crippen LogP contribution in [-0.4, -0.2) is 70.0 Å². The van der Waals surface area contributed by atoms with E-state index >= 15 is 0 Å². The number of carbonyl (C=O) groups excluding carboxylic acids is 2. The van der Waals surface area contributed by atoms with Crippen LogP contribution in [0.25, 0.3) is 0 Å². The van der Waals surface area contributed by atoms with E-state index in [1.807, 2.05) is 21.1 Å². The Morgan fingerprint density at radius 2 is 0.823 bits per heavy atom. The normalized spacial score (nSPS) is 13.6. The van der Waals surface area contributed by atoms with Crippen molar-refractivity contribution in [2.45, 2.75) is 251 Å². The molecule has 0 aromatic heterocycles. The number of rotatable bonds is 48. The molecule has 0 heterocycles. The van der Waals surface area contributed by atoms with Gasteiger partial charge >= 0.3 is 11.9 Å². The lowest BCUT2D eigenvalue weighted by molar-refractivity contribution is -0.870.